The first kappa shape index (κ1) is 17.3. The molecule has 2 aromatic carbocycles. The van der Waals surface area contributed by atoms with E-state index >= 15 is 0 Å². The number of benzene rings is 2. The van der Waals surface area contributed by atoms with Crippen molar-refractivity contribution in [3.63, 3.8) is 0 Å². The third kappa shape index (κ3) is 4.50. The number of nitrogens with zero attached hydrogens (tertiary/aromatic N) is 1. The van der Waals surface area contributed by atoms with Gasteiger partial charge in [0.05, 0.1) is 28.2 Å². The number of aromatic nitrogens is 1. The Morgan fingerprint density at radius 1 is 1.00 bits per heavy atom. The zero-order valence-electron chi connectivity index (χ0n) is 13.4. The van der Waals surface area contributed by atoms with Gasteiger partial charge in [0.2, 0.25) is 0 Å². The predicted octanol–water partition coefficient (Wildman–Crippen LogP) is 5.69. The van der Waals surface area contributed by atoms with Gasteiger partial charge in [-0.25, -0.2) is 0 Å². The molecule has 4 nitrogen and oxygen atoms in total. The number of pyridine rings is 1. The molecule has 0 spiro atoms. The van der Waals surface area contributed by atoms with Gasteiger partial charge in [0.25, 0.3) is 5.91 Å². The van der Waals surface area contributed by atoms with Gasteiger partial charge in [-0.15, -0.1) is 0 Å². The predicted molar refractivity (Wildman–Crippen MR) is 103 cm³/mol. The number of hydrogen-bond acceptors (Lipinski definition) is 3. The lowest BCUT2D eigenvalue weighted by Crippen LogP contribution is -2.12. The van der Waals surface area contributed by atoms with Crippen molar-refractivity contribution < 1.29 is 4.79 Å². The van der Waals surface area contributed by atoms with Crippen molar-refractivity contribution in [3.8, 4) is 0 Å². The summed E-state index contributed by atoms with van der Waals surface area (Å²) in [6.45, 7) is 1.97. The second-order valence-corrected chi connectivity index (χ2v) is 6.38. The monoisotopic (exact) mass is 371 g/mol. The minimum Gasteiger partial charge on any atom is -0.353 e. The molecule has 0 saturated carbocycles. The van der Waals surface area contributed by atoms with Gasteiger partial charge in [-0.1, -0.05) is 35.3 Å². The third-order valence-electron chi connectivity index (χ3n) is 3.48. The summed E-state index contributed by atoms with van der Waals surface area (Å²) in [5, 5.41) is 7.07. The first-order valence-electron chi connectivity index (χ1n) is 7.56. The standard InChI is InChI=1S/C19H15Cl2N3O/c1-12-3-2-4-15(7-12)24-19(25)13-8-16(11-22-10-13)23-18-9-14(20)5-6-17(18)21/h2-11,23H,1H3,(H,24,25). The molecule has 1 amide bonds. The van der Waals surface area contributed by atoms with E-state index in [1.54, 1.807) is 30.5 Å². The number of hydrogen-bond donors (Lipinski definition) is 2. The Morgan fingerprint density at radius 3 is 2.64 bits per heavy atom. The van der Waals surface area contributed by atoms with E-state index in [-0.39, 0.29) is 5.91 Å². The highest BCUT2D eigenvalue weighted by Crippen LogP contribution is 2.28. The van der Waals surface area contributed by atoms with E-state index in [9.17, 15) is 4.79 Å². The Kier molecular flexibility index (Phi) is 5.22. The Hall–Kier alpha value is -2.56. The molecule has 25 heavy (non-hydrogen) atoms. The quantitative estimate of drug-likeness (QED) is 0.618. The summed E-state index contributed by atoms with van der Waals surface area (Å²) in [7, 11) is 0. The van der Waals surface area contributed by atoms with Gasteiger partial charge in [0.1, 0.15) is 0 Å². The van der Waals surface area contributed by atoms with Crippen LogP contribution in [0.1, 0.15) is 15.9 Å². The van der Waals surface area contributed by atoms with Crippen molar-refractivity contribution in [1.82, 2.24) is 4.98 Å². The Balaban J connectivity index is 1.79. The van der Waals surface area contributed by atoms with Crippen LogP contribution < -0.4 is 10.6 Å². The fraction of sp³-hybridized carbons (Fsp3) is 0.0526. The lowest BCUT2D eigenvalue weighted by Gasteiger charge is -2.10. The minimum absolute atomic E-state index is 0.237. The first-order chi connectivity index (χ1) is 12.0. The third-order valence-corrected chi connectivity index (χ3v) is 4.05. The number of anilines is 3. The largest absolute Gasteiger partial charge is 0.353 e. The maximum Gasteiger partial charge on any atom is 0.257 e. The number of rotatable bonds is 4. The highest BCUT2D eigenvalue weighted by atomic mass is 35.5. The summed E-state index contributed by atoms with van der Waals surface area (Å²) >= 11 is 12.1. The Morgan fingerprint density at radius 2 is 1.84 bits per heavy atom. The van der Waals surface area contributed by atoms with Crippen LogP contribution in [0, 0.1) is 6.92 Å². The van der Waals surface area contributed by atoms with Gasteiger partial charge in [0.15, 0.2) is 0 Å². The van der Waals surface area contributed by atoms with Crippen LogP contribution >= 0.6 is 23.2 Å². The summed E-state index contributed by atoms with van der Waals surface area (Å²) in [6.07, 6.45) is 3.12. The molecule has 0 aliphatic rings. The number of aryl methyl sites for hydroxylation is 1. The maximum atomic E-state index is 12.4. The Labute approximate surface area is 155 Å². The molecule has 0 saturated heterocycles. The second kappa shape index (κ2) is 7.55. The van der Waals surface area contributed by atoms with Gasteiger partial charge >= 0.3 is 0 Å². The SMILES string of the molecule is Cc1cccc(NC(=O)c2cncc(Nc3cc(Cl)ccc3Cl)c2)c1. The van der Waals surface area contributed by atoms with Crippen LogP contribution in [-0.2, 0) is 0 Å². The molecular weight excluding hydrogens is 357 g/mol. The van der Waals surface area contributed by atoms with Crippen molar-refractivity contribution >= 4 is 46.2 Å². The minimum atomic E-state index is -0.237. The van der Waals surface area contributed by atoms with Crippen molar-refractivity contribution in [2.45, 2.75) is 6.92 Å². The molecule has 3 rings (SSSR count). The number of amides is 1. The molecule has 0 radical (unpaired) electrons. The maximum absolute atomic E-state index is 12.4. The van der Waals surface area contributed by atoms with Gasteiger partial charge in [-0.3, -0.25) is 9.78 Å². The molecule has 0 bridgehead atoms. The summed E-state index contributed by atoms with van der Waals surface area (Å²) in [6, 6.07) is 14.4. The average molecular weight is 372 g/mol. The number of nitrogens with one attached hydrogen (secondary N) is 2. The van der Waals surface area contributed by atoms with Crippen LogP contribution in [0.4, 0.5) is 17.1 Å². The molecule has 2 N–H and O–H groups in total. The fourth-order valence-electron chi connectivity index (χ4n) is 2.31. The van der Waals surface area contributed by atoms with Crippen LogP contribution in [0.5, 0.6) is 0 Å². The highest BCUT2D eigenvalue weighted by molar-refractivity contribution is 6.35. The molecule has 3 aromatic rings. The highest BCUT2D eigenvalue weighted by Gasteiger charge is 2.09. The van der Waals surface area contributed by atoms with Gasteiger partial charge in [-0.2, -0.15) is 0 Å². The molecule has 0 aliphatic carbocycles. The van der Waals surface area contributed by atoms with E-state index in [1.165, 1.54) is 6.20 Å². The van der Waals surface area contributed by atoms with Crippen molar-refractivity contribution in [3.05, 3.63) is 82.1 Å². The molecule has 1 aromatic heterocycles. The lowest BCUT2D eigenvalue weighted by molar-refractivity contribution is 0.102. The zero-order chi connectivity index (χ0) is 17.8. The summed E-state index contributed by atoms with van der Waals surface area (Å²) in [5.41, 5.74) is 3.53. The smallest absolute Gasteiger partial charge is 0.257 e. The molecule has 0 aliphatic heterocycles. The van der Waals surface area contributed by atoms with Gasteiger partial charge in [0, 0.05) is 16.9 Å². The normalized spacial score (nSPS) is 10.4. The van der Waals surface area contributed by atoms with E-state index in [1.807, 2.05) is 31.2 Å². The number of halogens is 2. The molecular formula is C19H15Cl2N3O. The van der Waals surface area contributed by atoms with E-state index in [4.69, 9.17) is 23.2 Å². The van der Waals surface area contributed by atoms with Crippen LogP contribution in [0.15, 0.2) is 60.9 Å². The summed E-state index contributed by atoms with van der Waals surface area (Å²) in [5.74, 6) is -0.237. The average Bonchev–Trinajstić information content (AvgIpc) is 2.58. The van der Waals surface area contributed by atoms with Crippen LogP contribution in [-0.4, -0.2) is 10.9 Å². The fourth-order valence-corrected chi connectivity index (χ4v) is 2.64. The number of carbonyl (C=O) groups excluding carboxylic acids is 1. The lowest BCUT2D eigenvalue weighted by atomic mass is 10.2. The zero-order valence-corrected chi connectivity index (χ0v) is 14.9. The number of carbonyl (C=O) groups is 1. The topological polar surface area (TPSA) is 54.0 Å². The first-order valence-corrected chi connectivity index (χ1v) is 8.32. The van der Waals surface area contributed by atoms with Crippen LogP contribution in [0.25, 0.3) is 0 Å². The van der Waals surface area contributed by atoms with E-state index in [0.717, 1.165) is 11.3 Å². The van der Waals surface area contributed by atoms with Crippen molar-refractivity contribution in [2.75, 3.05) is 10.6 Å². The molecule has 1 heterocycles. The molecule has 6 heteroatoms. The van der Waals surface area contributed by atoms with Gasteiger partial charge in [-0.05, 0) is 48.9 Å². The molecule has 0 atom stereocenters. The van der Waals surface area contributed by atoms with Crippen LogP contribution in [0.3, 0.4) is 0 Å². The van der Waals surface area contributed by atoms with Crippen LogP contribution in [0.2, 0.25) is 10.0 Å². The summed E-state index contributed by atoms with van der Waals surface area (Å²) in [4.78, 5) is 16.5. The van der Waals surface area contributed by atoms with E-state index in [2.05, 4.69) is 15.6 Å². The Bertz CT molecular complexity index is 928. The van der Waals surface area contributed by atoms with Crippen molar-refractivity contribution in [2.24, 2.45) is 0 Å². The van der Waals surface area contributed by atoms with Gasteiger partial charge < -0.3 is 10.6 Å². The molecule has 0 unspecified atom stereocenters. The van der Waals surface area contributed by atoms with Crippen molar-refractivity contribution in [1.29, 1.82) is 0 Å². The van der Waals surface area contributed by atoms with E-state index in [0.29, 0.717) is 27.0 Å². The van der Waals surface area contributed by atoms with E-state index < -0.39 is 0 Å². The summed E-state index contributed by atoms with van der Waals surface area (Å²) < 4.78 is 0. The molecule has 126 valence electrons. The second-order valence-electron chi connectivity index (χ2n) is 5.54. The molecule has 0 fully saturated rings.